The molecule has 2 N–H and O–H groups in total. The molecule has 1 heterocycles. The van der Waals surface area contributed by atoms with Crippen LogP contribution in [0.15, 0.2) is 18.2 Å². The van der Waals surface area contributed by atoms with E-state index in [1.54, 1.807) is 12.1 Å². The molecule has 20 heavy (non-hydrogen) atoms. The topological polar surface area (TPSA) is 76.4 Å². The van der Waals surface area contributed by atoms with Crippen LogP contribution in [0, 0.1) is 17.0 Å². The molecule has 1 aromatic carbocycles. The van der Waals surface area contributed by atoms with Crippen molar-refractivity contribution < 1.29 is 9.66 Å². The monoisotopic (exact) mass is 279 g/mol. The largest absolute Gasteiger partial charge is 0.377 e. The molecule has 0 aromatic heterocycles. The lowest BCUT2D eigenvalue weighted by Gasteiger charge is -2.23. The van der Waals surface area contributed by atoms with Gasteiger partial charge in [0.05, 0.1) is 17.6 Å². The minimum atomic E-state index is -0.366. The summed E-state index contributed by atoms with van der Waals surface area (Å²) in [7, 11) is 0. The van der Waals surface area contributed by atoms with Crippen LogP contribution in [0.4, 0.5) is 11.4 Å². The smallest absolute Gasteiger partial charge is 0.292 e. The van der Waals surface area contributed by atoms with Gasteiger partial charge in [-0.25, -0.2) is 0 Å². The molecule has 0 amide bonds. The maximum atomic E-state index is 10.9. The fraction of sp³-hybridized carbons (Fsp3) is 0.571. The minimum absolute atomic E-state index is 0.109. The van der Waals surface area contributed by atoms with Gasteiger partial charge in [-0.05, 0) is 44.5 Å². The number of aryl methyl sites for hydroxylation is 1. The average molecular weight is 279 g/mol. The van der Waals surface area contributed by atoms with Gasteiger partial charge in [0.2, 0.25) is 0 Å². The van der Waals surface area contributed by atoms with E-state index in [0.29, 0.717) is 24.9 Å². The van der Waals surface area contributed by atoms with Crippen LogP contribution in [0.3, 0.4) is 0 Å². The van der Waals surface area contributed by atoms with E-state index < -0.39 is 0 Å². The summed E-state index contributed by atoms with van der Waals surface area (Å²) in [5.41, 5.74) is 1.67. The summed E-state index contributed by atoms with van der Waals surface area (Å²) in [5.74, 6) is 0. The normalized spacial score (nSPS) is 16.1. The van der Waals surface area contributed by atoms with Crippen LogP contribution in [-0.2, 0) is 4.74 Å². The molecule has 2 rings (SSSR count). The molecule has 0 atom stereocenters. The van der Waals surface area contributed by atoms with E-state index in [1.807, 2.05) is 6.92 Å². The Bertz CT molecular complexity index is 459. The number of ether oxygens (including phenoxy) is 1. The molecule has 110 valence electrons. The molecule has 1 aromatic rings. The summed E-state index contributed by atoms with van der Waals surface area (Å²) in [6.45, 7) is 5.06. The number of hydrogen-bond donors (Lipinski definition) is 2. The first-order valence-corrected chi connectivity index (χ1v) is 6.98. The molecule has 6 nitrogen and oxygen atoms in total. The summed E-state index contributed by atoms with van der Waals surface area (Å²) >= 11 is 0. The zero-order valence-electron chi connectivity index (χ0n) is 11.7. The van der Waals surface area contributed by atoms with E-state index in [4.69, 9.17) is 4.74 Å². The van der Waals surface area contributed by atoms with Crippen LogP contribution in [0.5, 0.6) is 0 Å². The molecule has 0 aliphatic carbocycles. The highest BCUT2D eigenvalue weighted by Crippen LogP contribution is 2.24. The first kappa shape index (κ1) is 14.7. The highest BCUT2D eigenvalue weighted by Gasteiger charge is 2.14. The van der Waals surface area contributed by atoms with Crippen molar-refractivity contribution in [3.05, 3.63) is 33.9 Å². The summed E-state index contributed by atoms with van der Waals surface area (Å²) in [6.07, 6.45) is 2.38. The number of piperidine rings is 1. The van der Waals surface area contributed by atoms with Crippen LogP contribution in [0.2, 0.25) is 0 Å². The second-order valence-electron chi connectivity index (χ2n) is 5.02. The van der Waals surface area contributed by atoms with E-state index in [1.165, 1.54) is 6.07 Å². The Labute approximate surface area is 118 Å². The predicted octanol–water partition coefficient (Wildman–Crippen LogP) is 2.08. The van der Waals surface area contributed by atoms with E-state index >= 15 is 0 Å². The second kappa shape index (κ2) is 7.21. The lowest BCUT2D eigenvalue weighted by Crippen LogP contribution is -2.33. The van der Waals surface area contributed by atoms with Gasteiger partial charge in [-0.3, -0.25) is 10.1 Å². The third-order valence-electron chi connectivity index (χ3n) is 3.41. The molecule has 1 saturated heterocycles. The molecular weight excluding hydrogens is 258 g/mol. The Morgan fingerprint density at radius 2 is 2.20 bits per heavy atom. The fourth-order valence-electron chi connectivity index (χ4n) is 2.32. The molecule has 0 bridgehead atoms. The summed E-state index contributed by atoms with van der Waals surface area (Å²) in [6, 6.07) is 5.07. The highest BCUT2D eigenvalue weighted by atomic mass is 16.6. The Balaban J connectivity index is 1.81. The average Bonchev–Trinajstić information content (AvgIpc) is 2.44. The van der Waals surface area contributed by atoms with Crippen molar-refractivity contribution in [1.82, 2.24) is 5.32 Å². The zero-order chi connectivity index (χ0) is 14.4. The number of benzene rings is 1. The highest BCUT2D eigenvalue weighted by molar-refractivity contribution is 5.62. The number of anilines is 1. The van der Waals surface area contributed by atoms with Crippen molar-refractivity contribution in [3.8, 4) is 0 Å². The number of nitro benzene ring substituents is 1. The van der Waals surface area contributed by atoms with Gasteiger partial charge in [0.1, 0.15) is 5.69 Å². The lowest BCUT2D eigenvalue weighted by molar-refractivity contribution is -0.384. The van der Waals surface area contributed by atoms with Crippen LogP contribution in [0.1, 0.15) is 18.4 Å². The third kappa shape index (κ3) is 4.18. The van der Waals surface area contributed by atoms with Gasteiger partial charge < -0.3 is 15.4 Å². The molecule has 0 saturated carbocycles. The first-order chi connectivity index (χ1) is 9.66. The van der Waals surface area contributed by atoms with Gasteiger partial charge in [0, 0.05) is 12.6 Å². The SMILES string of the molecule is Cc1ccc([N+](=O)[O-])c(NCCOC2CCNCC2)c1. The Hall–Kier alpha value is -1.66. The first-order valence-electron chi connectivity index (χ1n) is 6.98. The minimum Gasteiger partial charge on any atom is -0.377 e. The van der Waals surface area contributed by atoms with Gasteiger partial charge >= 0.3 is 0 Å². The quantitative estimate of drug-likeness (QED) is 0.473. The van der Waals surface area contributed by atoms with Crippen molar-refractivity contribution in [2.45, 2.75) is 25.9 Å². The molecule has 0 radical (unpaired) electrons. The van der Waals surface area contributed by atoms with Crippen LogP contribution >= 0.6 is 0 Å². The molecule has 0 unspecified atom stereocenters. The maximum Gasteiger partial charge on any atom is 0.292 e. The molecule has 1 aliphatic heterocycles. The Morgan fingerprint density at radius 1 is 1.45 bits per heavy atom. The van der Waals surface area contributed by atoms with Crippen LogP contribution in [0.25, 0.3) is 0 Å². The van der Waals surface area contributed by atoms with Gasteiger partial charge in [0.25, 0.3) is 5.69 Å². The van der Waals surface area contributed by atoms with E-state index in [-0.39, 0.29) is 10.6 Å². The van der Waals surface area contributed by atoms with Crippen molar-refractivity contribution in [3.63, 3.8) is 0 Å². The van der Waals surface area contributed by atoms with Crippen LogP contribution in [-0.4, -0.2) is 37.3 Å². The Morgan fingerprint density at radius 3 is 2.90 bits per heavy atom. The lowest BCUT2D eigenvalue weighted by atomic mass is 10.1. The standard InChI is InChI=1S/C14H21N3O3/c1-11-2-3-14(17(18)19)13(10-11)16-8-9-20-12-4-6-15-7-5-12/h2-3,10,12,15-16H,4-9H2,1H3. The van der Waals surface area contributed by atoms with Gasteiger partial charge in [0.15, 0.2) is 0 Å². The van der Waals surface area contributed by atoms with Gasteiger partial charge in [-0.2, -0.15) is 0 Å². The number of nitro groups is 1. The maximum absolute atomic E-state index is 10.9. The van der Waals surface area contributed by atoms with Crippen molar-refractivity contribution in [2.24, 2.45) is 0 Å². The molecule has 6 heteroatoms. The van der Waals surface area contributed by atoms with Gasteiger partial charge in [-0.1, -0.05) is 6.07 Å². The molecule has 0 spiro atoms. The Kier molecular flexibility index (Phi) is 5.31. The van der Waals surface area contributed by atoms with Crippen molar-refractivity contribution in [2.75, 3.05) is 31.6 Å². The predicted molar refractivity (Wildman–Crippen MR) is 78.2 cm³/mol. The van der Waals surface area contributed by atoms with E-state index in [9.17, 15) is 10.1 Å². The van der Waals surface area contributed by atoms with Gasteiger partial charge in [-0.15, -0.1) is 0 Å². The van der Waals surface area contributed by atoms with E-state index in [0.717, 1.165) is 31.5 Å². The third-order valence-corrected chi connectivity index (χ3v) is 3.41. The molecule has 1 aliphatic rings. The van der Waals surface area contributed by atoms with Crippen molar-refractivity contribution in [1.29, 1.82) is 0 Å². The number of nitrogens with one attached hydrogen (secondary N) is 2. The van der Waals surface area contributed by atoms with Crippen molar-refractivity contribution >= 4 is 11.4 Å². The second-order valence-corrected chi connectivity index (χ2v) is 5.02. The molecule has 1 fully saturated rings. The summed E-state index contributed by atoms with van der Waals surface area (Å²) in [5, 5.41) is 17.3. The number of hydrogen-bond acceptors (Lipinski definition) is 5. The van der Waals surface area contributed by atoms with Crippen LogP contribution < -0.4 is 10.6 Å². The number of nitrogens with zero attached hydrogens (tertiary/aromatic N) is 1. The zero-order valence-corrected chi connectivity index (χ0v) is 11.7. The number of rotatable bonds is 6. The summed E-state index contributed by atoms with van der Waals surface area (Å²) in [4.78, 5) is 10.6. The molecular formula is C14H21N3O3. The summed E-state index contributed by atoms with van der Waals surface area (Å²) < 4.78 is 5.76. The fourth-order valence-corrected chi connectivity index (χ4v) is 2.32. The van der Waals surface area contributed by atoms with E-state index in [2.05, 4.69) is 10.6 Å².